The standard InChI is InChI=1S/C9H9ClF2N2O2/c1-9(13,8(11)12)7-5(10)3-2-4-6(7)14(15)16/h2-4,8H,13H2,1H3. The molecule has 1 atom stereocenters. The Kier molecular flexibility index (Phi) is 3.44. The number of nitrogens with two attached hydrogens (primary N) is 1. The maximum Gasteiger partial charge on any atom is 0.276 e. The van der Waals surface area contributed by atoms with Crippen LogP contribution in [0.2, 0.25) is 5.02 Å². The molecule has 88 valence electrons. The summed E-state index contributed by atoms with van der Waals surface area (Å²) in [5.74, 6) is 0. The second-order valence-corrected chi connectivity index (χ2v) is 3.88. The summed E-state index contributed by atoms with van der Waals surface area (Å²) in [5.41, 5.74) is 2.38. The van der Waals surface area contributed by atoms with Gasteiger partial charge in [-0.15, -0.1) is 0 Å². The van der Waals surface area contributed by atoms with Gasteiger partial charge in [0, 0.05) is 6.07 Å². The van der Waals surface area contributed by atoms with Crippen LogP contribution in [0, 0.1) is 10.1 Å². The summed E-state index contributed by atoms with van der Waals surface area (Å²) in [6.45, 7) is 1.01. The number of nitrogens with zero attached hydrogens (tertiary/aromatic N) is 1. The van der Waals surface area contributed by atoms with Crippen molar-refractivity contribution in [1.82, 2.24) is 0 Å². The second kappa shape index (κ2) is 4.31. The number of nitro groups is 1. The van der Waals surface area contributed by atoms with Crippen molar-refractivity contribution in [1.29, 1.82) is 0 Å². The van der Waals surface area contributed by atoms with Gasteiger partial charge >= 0.3 is 0 Å². The lowest BCUT2D eigenvalue weighted by atomic mass is 9.92. The van der Waals surface area contributed by atoms with E-state index in [0.717, 1.165) is 13.0 Å². The van der Waals surface area contributed by atoms with E-state index in [0.29, 0.717) is 0 Å². The fraction of sp³-hybridized carbons (Fsp3) is 0.333. The highest BCUT2D eigenvalue weighted by molar-refractivity contribution is 6.31. The molecule has 7 heteroatoms. The van der Waals surface area contributed by atoms with Crippen LogP contribution in [0.25, 0.3) is 0 Å². The summed E-state index contributed by atoms with van der Waals surface area (Å²) in [5, 5.41) is 10.6. The highest BCUT2D eigenvalue weighted by Crippen LogP contribution is 2.37. The summed E-state index contributed by atoms with van der Waals surface area (Å²) in [6, 6.07) is 3.69. The third-order valence-corrected chi connectivity index (χ3v) is 2.50. The van der Waals surface area contributed by atoms with Crippen molar-refractivity contribution in [2.75, 3.05) is 0 Å². The molecule has 0 bridgehead atoms. The van der Waals surface area contributed by atoms with Crippen molar-refractivity contribution in [3.8, 4) is 0 Å². The number of benzene rings is 1. The normalized spacial score (nSPS) is 14.9. The van der Waals surface area contributed by atoms with Crippen molar-refractivity contribution in [3.05, 3.63) is 38.9 Å². The van der Waals surface area contributed by atoms with Crippen LogP contribution in [0.4, 0.5) is 14.5 Å². The van der Waals surface area contributed by atoms with Gasteiger partial charge in [-0.2, -0.15) is 0 Å². The Labute approximate surface area is 95.2 Å². The molecule has 0 saturated carbocycles. The van der Waals surface area contributed by atoms with E-state index >= 15 is 0 Å². The summed E-state index contributed by atoms with van der Waals surface area (Å²) in [7, 11) is 0. The summed E-state index contributed by atoms with van der Waals surface area (Å²) in [6.07, 6.45) is -2.95. The van der Waals surface area contributed by atoms with E-state index in [1.54, 1.807) is 0 Å². The molecule has 1 unspecified atom stereocenters. The predicted octanol–water partition coefficient (Wildman–Crippen LogP) is 2.69. The van der Waals surface area contributed by atoms with E-state index in [4.69, 9.17) is 17.3 Å². The van der Waals surface area contributed by atoms with Gasteiger partial charge in [0.05, 0.1) is 15.5 Å². The van der Waals surface area contributed by atoms with E-state index in [1.165, 1.54) is 12.1 Å². The number of halogens is 3. The molecule has 0 amide bonds. The van der Waals surface area contributed by atoms with Crippen LogP contribution in [0.5, 0.6) is 0 Å². The van der Waals surface area contributed by atoms with Gasteiger partial charge in [-0.05, 0) is 13.0 Å². The van der Waals surface area contributed by atoms with Crippen LogP contribution in [-0.4, -0.2) is 11.3 Å². The SMILES string of the molecule is CC(N)(c1c(Cl)cccc1[N+](=O)[O-])C(F)F. The lowest BCUT2D eigenvalue weighted by molar-refractivity contribution is -0.386. The van der Waals surface area contributed by atoms with Crippen LogP contribution in [0.3, 0.4) is 0 Å². The quantitative estimate of drug-likeness (QED) is 0.662. The van der Waals surface area contributed by atoms with Crippen LogP contribution in [-0.2, 0) is 5.54 Å². The molecule has 0 aliphatic heterocycles. The van der Waals surface area contributed by atoms with Gasteiger partial charge < -0.3 is 5.73 Å². The van der Waals surface area contributed by atoms with Crippen molar-refractivity contribution in [2.45, 2.75) is 18.9 Å². The van der Waals surface area contributed by atoms with Crippen LogP contribution in [0.15, 0.2) is 18.2 Å². The first kappa shape index (κ1) is 12.8. The van der Waals surface area contributed by atoms with E-state index in [1.807, 2.05) is 0 Å². The average molecular weight is 251 g/mol. The molecule has 1 aromatic carbocycles. The Balaban J connectivity index is 3.48. The maximum atomic E-state index is 12.7. The third kappa shape index (κ3) is 2.12. The average Bonchev–Trinajstić information content (AvgIpc) is 2.16. The molecule has 0 spiro atoms. The monoisotopic (exact) mass is 250 g/mol. The first-order valence-electron chi connectivity index (χ1n) is 4.29. The zero-order valence-electron chi connectivity index (χ0n) is 8.28. The highest BCUT2D eigenvalue weighted by Gasteiger charge is 2.39. The number of alkyl halides is 2. The van der Waals surface area contributed by atoms with Crippen LogP contribution >= 0.6 is 11.6 Å². The summed E-state index contributed by atoms with van der Waals surface area (Å²) in [4.78, 5) is 9.91. The molecule has 2 N–H and O–H groups in total. The molecule has 16 heavy (non-hydrogen) atoms. The topological polar surface area (TPSA) is 69.2 Å². The smallest absolute Gasteiger partial charge is 0.276 e. The zero-order chi connectivity index (χ0) is 12.5. The molecular weight excluding hydrogens is 242 g/mol. The molecular formula is C9H9ClF2N2O2. The molecule has 4 nitrogen and oxygen atoms in total. The van der Waals surface area contributed by atoms with Gasteiger partial charge in [-0.1, -0.05) is 17.7 Å². The van der Waals surface area contributed by atoms with Crippen molar-refractivity contribution < 1.29 is 13.7 Å². The van der Waals surface area contributed by atoms with Gasteiger partial charge in [0.2, 0.25) is 0 Å². The Bertz CT molecular complexity index is 424. The first-order chi connectivity index (χ1) is 7.28. The van der Waals surface area contributed by atoms with E-state index in [-0.39, 0.29) is 10.6 Å². The Hall–Kier alpha value is -1.27. The zero-order valence-corrected chi connectivity index (χ0v) is 9.04. The number of hydrogen-bond donors (Lipinski definition) is 1. The molecule has 0 aliphatic carbocycles. The Morgan fingerprint density at radius 1 is 1.56 bits per heavy atom. The summed E-state index contributed by atoms with van der Waals surface area (Å²) < 4.78 is 25.4. The van der Waals surface area contributed by atoms with Gasteiger partial charge in [0.1, 0.15) is 5.54 Å². The fourth-order valence-corrected chi connectivity index (χ4v) is 1.68. The minimum absolute atomic E-state index is 0.139. The molecule has 0 fully saturated rings. The van der Waals surface area contributed by atoms with Crippen LogP contribution < -0.4 is 5.73 Å². The van der Waals surface area contributed by atoms with Gasteiger partial charge in [0.15, 0.2) is 0 Å². The van der Waals surface area contributed by atoms with Gasteiger partial charge in [-0.25, -0.2) is 8.78 Å². The summed E-state index contributed by atoms with van der Waals surface area (Å²) >= 11 is 5.68. The van der Waals surface area contributed by atoms with Crippen molar-refractivity contribution in [2.24, 2.45) is 5.73 Å². The molecule has 1 aromatic rings. The maximum absolute atomic E-state index is 12.7. The van der Waals surface area contributed by atoms with Gasteiger partial charge in [-0.3, -0.25) is 10.1 Å². The lowest BCUT2D eigenvalue weighted by Gasteiger charge is -2.24. The van der Waals surface area contributed by atoms with E-state index in [2.05, 4.69) is 0 Å². The second-order valence-electron chi connectivity index (χ2n) is 3.47. The molecule has 0 radical (unpaired) electrons. The number of hydrogen-bond acceptors (Lipinski definition) is 3. The minimum Gasteiger partial charge on any atom is -0.317 e. The largest absolute Gasteiger partial charge is 0.317 e. The number of nitro benzene ring substituents is 1. The van der Waals surface area contributed by atoms with Crippen molar-refractivity contribution in [3.63, 3.8) is 0 Å². The first-order valence-corrected chi connectivity index (χ1v) is 4.66. The fourth-order valence-electron chi connectivity index (χ4n) is 1.31. The van der Waals surface area contributed by atoms with Crippen LogP contribution in [0.1, 0.15) is 12.5 Å². The Morgan fingerprint density at radius 3 is 2.56 bits per heavy atom. The minimum atomic E-state index is -2.95. The van der Waals surface area contributed by atoms with Crippen molar-refractivity contribution >= 4 is 17.3 Å². The molecule has 0 heterocycles. The lowest BCUT2D eigenvalue weighted by Crippen LogP contribution is -2.41. The molecule has 0 saturated heterocycles. The predicted molar refractivity (Wildman–Crippen MR) is 55.6 cm³/mol. The third-order valence-electron chi connectivity index (χ3n) is 2.18. The van der Waals surface area contributed by atoms with E-state index in [9.17, 15) is 18.9 Å². The molecule has 0 aromatic heterocycles. The van der Waals surface area contributed by atoms with Gasteiger partial charge in [0.25, 0.3) is 12.1 Å². The molecule has 0 aliphatic rings. The molecule has 1 rings (SSSR count). The Morgan fingerprint density at radius 2 is 2.12 bits per heavy atom. The van der Waals surface area contributed by atoms with E-state index < -0.39 is 22.6 Å². The number of rotatable bonds is 3. The highest BCUT2D eigenvalue weighted by atomic mass is 35.5.